The van der Waals surface area contributed by atoms with Gasteiger partial charge in [0.2, 0.25) is 0 Å². The second-order valence-corrected chi connectivity index (χ2v) is 4.18. The van der Waals surface area contributed by atoms with Crippen LogP contribution in [-0.2, 0) is 25.3 Å². The topological polar surface area (TPSA) is 6.48 Å². The highest BCUT2D eigenvalue weighted by Gasteiger charge is 1.97. The van der Waals surface area contributed by atoms with E-state index in [0.29, 0.717) is 0 Å². The zero-order valence-corrected chi connectivity index (χ0v) is 10.3. The van der Waals surface area contributed by atoms with Crippen LogP contribution in [0.2, 0.25) is 0 Å². The molecule has 0 fully saturated rings. The van der Waals surface area contributed by atoms with E-state index in [4.69, 9.17) is 25.3 Å². The van der Waals surface area contributed by atoms with Gasteiger partial charge in [-0.25, -0.2) is 0 Å². The van der Waals surface area contributed by atoms with Gasteiger partial charge >= 0.3 is 0 Å². The molecule has 0 aliphatic carbocycles. The quantitative estimate of drug-likeness (QED) is 0.544. The van der Waals surface area contributed by atoms with Gasteiger partial charge in [0.15, 0.2) is 0 Å². The molecule has 0 radical (unpaired) electrons. The molecule has 80 valence electrons. The molecule has 4 heteroatoms. The molecule has 0 saturated carbocycles. The maximum absolute atomic E-state index is 4.91. The number of hydrogen-bond acceptors (Lipinski definition) is 4. The van der Waals surface area contributed by atoms with E-state index in [2.05, 4.69) is 23.9 Å². The molecule has 0 heterocycles. The van der Waals surface area contributed by atoms with Gasteiger partial charge in [-0.2, -0.15) is 11.5 Å². The highest BCUT2D eigenvalue weighted by Crippen LogP contribution is 1.90. The van der Waals surface area contributed by atoms with Crippen molar-refractivity contribution in [3.63, 3.8) is 0 Å². The van der Waals surface area contributed by atoms with Gasteiger partial charge in [-0.05, 0) is 46.7 Å². The zero-order valence-electron chi connectivity index (χ0n) is 8.66. The van der Waals surface area contributed by atoms with Crippen LogP contribution < -0.4 is 0 Å². The first kappa shape index (κ1) is 13.6. The van der Waals surface area contributed by atoms with Crippen LogP contribution in [0.3, 0.4) is 0 Å². The molecule has 0 unspecified atom stereocenters. The molecule has 0 aromatic carbocycles. The lowest BCUT2D eigenvalue weighted by Gasteiger charge is -2.22. The van der Waals surface area contributed by atoms with E-state index in [1.807, 2.05) is 0 Å². The fourth-order valence-electron chi connectivity index (χ4n) is 1.15. The average Bonchev–Trinajstić information content (AvgIpc) is 2.05. The molecule has 13 heavy (non-hydrogen) atoms. The van der Waals surface area contributed by atoms with Gasteiger partial charge in [-0.1, -0.05) is 0 Å². The summed E-state index contributed by atoms with van der Waals surface area (Å²) in [6, 6.07) is 0. The van der Waals surface area contributed by atoms with Crippen molar-refractivity contribution in [3.05, 3.63) is 0 Å². The molecule has 0 rings (SSSR count). The van der Waals surface area contributed by atoms with Crippen LogP contribution in [0.15, 0.2) is 0 Å². The Morgan fingerprint density at radius 2 is 1.15 bits per heavy atom. The van der Waals surface area contributed by atoms with Crippen molar-refractivity contribution < 1.29 is 0 Å². The highest BCUT2D eigenvalue weighted by molar-refractivity contribution is 7.58. The van der Waals surface area contributed by atoms with Gasteiger partial charge in [0.25, 0.3) is 0 Å². The summed E-state index contributed by atoms with van der Waals surface area (Å²) < 4.78 is 0. The Morgan fingerprint density at radius 1 is 0.769 bits per heavy atom. The van der Waals surface area contributed by atoms with E-state index in [0.717, 1.165) is 37.7 Å². The second kappa shape index (κ2) is 9.19. The first-order valence-corrected chi connectivity index (χ1v) is 5.89. The molecule has 0 aromatic heterocycles. The van der Waals surface area contributed by atoms with Gasteiger partial charge in [0.05, 0.1) is 0 Å². The van der Waals surface area contributed by atoms with Gasteiger partial charge in [-0.3, -0.25) is 0 Å². The van der Waals surface area contributed by atoms with Crippen molar-refractivity contribution in [2.45, 2.75) is 6.42 Å². The van der Waals surface area contributed by atoms with E-state index in [-0.39, 0.29) is 0 Å². The first-order chi connectivity index (χ1) is 6.20. The molecule has 0 spiro atoms. The van der Waals surface area contributed by atoms with E-state index in [1.165, 1.54) is 6.42 Å². The lowest BCUT2D eigenvalue weighted by molar-refractivity contribution is 0.296. The summed E-state index contributed by atoms with van der Waals surface area (Å²) >= 11 is 9.81. The summed E-state index contributed by atoms with van der Waals surface area (Å²) in [5.74, 6) is 1.66. The number of rotatable bonds is 8. The first-order valence-electron chi connectivity index (χ1n) is 4.74. The second-order valence-electron chi connectivity index (χ2n) is 3.37. The molecule has 0 saturated heterocycles. The monoisotopic (exact) mass is 220 g/mol. The minimum absolute atomic E-state index is 0.832. The molecular formula is C9H20N2S2-2. The van der Waals surface area contributed by atoms with E-state index in [9.17, 15) is 0 Å². The Morgan fingerprint density at radius 3 is 1.46 bits per heavy atom. The maximum atomic E-state index is 4.91. The Balaban J connectivity index is 3.23. The maximum Gasteiger partial charge on any atom is -0.00104 e. The predicted molar refractivity (Wildman–Crippen MR) is 64.1 cm³/mol. The molecule has 0 aliphatic rings. The van der Waals surface area contributed by atoms with Crippen molar-refractivity contribution in [1.82, 2.24) is 9.80 Å². The van der Waals surface area contributed by atoms with Crippen LogP contribution >= 0.6 is 0 Å². The molecular weight excluding hydrogens is 200 g/mol. The van der Waals surface area contributed by atoms with E-state index < -0.39 is 0 Å². The summed E-state index contributed by atoms with van der Waals surface area (Å²) in [4.78, 5) is 4.57. The molecule has 0 atom stereocenters. The van der Waals surface area contributed by atoms with Gasteiger partial charge in [0.1, 0.15) is 0 Å². The third-order valence-electron chi connectivity index (χ3n) is 2.03. The Bertz CT molecular complexity index is 99.8. The predicted octanol–water partition coefficient (Wildman–Crippen LogP) is 0.334. The molecule has 2 nitrogen and oxygen atoms in total. The lowest BCUT2D eigenvalue weighted by Crippen LogP contribution is -2.28. The Kier molecular flexibility index (Phi) is 9.62. The summed E-state index contributed by atoms with van der Waals surface area (Å²) in [7, 11) is 4.25. The molecule has 0 N–H and O–H groups in total. The Hall–Kier alpha value is 0.620. The van der Waals surface area contributed by atoms with Crippen molar-refractivity contribution in [3.8, 4) is 0 Å². The highest BCUT2D eigenvalue weighted by atomic mass is 32.1. The minimum atomic E-state index is 0.832. The van der Waals surface area contributed by atoms with E-state index >= 15 is 0 Å². The standard InChI is InChI=1S/C9H22N2S2/c1-10(6-8-12)4-3-5-11(2)7-9-13/h12-13H,3-9H2,1-2H3/p-2. The summed E-state index contributed by atoms with van der Waals surface area (Å²) in [5, 5.41) is 0. The normalized spacial score (nSPS) is 11.5. The van der Waals surface area contributed by atoms with Crippen LogP contribution in [0, 0.1) is 0 Å². The van der Waals surface area contributed by atoms with Crippen LogP contribution in [-0.4, -0.2) is 61.6 Å². The van der Waals surface area contributed by atoms with Crippen LogP contribution in [0.25, 0.3) is 0 Å². The van der Waals surface area contributed by atoms with Crippen molar-refractivity contribution in [2.24, 2.45) is 0 Å². The van der Waals surface area contributed by atoms with Crippen LogP contribution in [0.5, 0.6) is 0 Å². The molecule has 0 bridgehead atoms. The fraction of sp³-hybridized carbons (Fsp3) is 1.00. The van der Waals surface area contributed by atoms with Crippen molar-refractivity contribution >= 4 is 25.3 Å². The smallest absolute Gasteiger partial charge is 0.00104 e. The average molecular weight is 220 g/mol. The van der Waals surface area contributed by atoms with Crippen molar-refractivity contribution in [2.75, 3.05) is 51.8 Å². The fourth-order valence-corrected chi connectivity index (χ4v) is 1.77. The largest absolute Gasteiger partial charge is 0.791 e. The van der Waals surface area contributed by atoms with Gasteiger partial charge in [-0.15, -0.1) is 0 Å². The zero-order chi connectivity index (χ0) is 10.1. The third kappa shape index (κ3) is 8.94. The van der Waals surface area contributed by atoms with Crippen LogP contribution in [0.4, 0.5) is 0 Å². The van der Waals surface area contributed by atoms with E-state index in [1.54, 1.807) is 0 Å². The van der Waals surface area contributed by atoms with Gasteiger partial charge in [0, 0.05) is 0 Å². The molecule has 0 amide bonds. The van der Waals surface area contributed by atoms with Crippen LogP contribution in [0.1, 0.15) is 6.42 Å². The molecule has 0 aliphatic heterocycles. The third-order valence-corrected chi connectivity index (χ3v) is 2.39. The van der Waals surface area contributed by atoms with Crippen molar-refractivity contribution in [1.29, 1.82) is 0 Å². The summed E-state index contributed by atoms with van der Waals surface area (Å²) in [5.41, 5.74) is 0. The minimum Gasteiger partial charge on any atom is -0.791 e. The summed E-state index contributed by atoms with van der Waals surface area (Å²) in [6.07, 6.45) is 1.21. The lowest BCUT2D eigenvalue weighted by atomic mass is 10.3. The number of hydrogen-bond donors (Lipinski definition) is 0. The summed E-state index contributed by atoms with van der Waals surface area (Å²) in [6.45, 7) is 4.33. The SMILES string of the molecule is CN(CC[S-])CCCN(C)CC[S-]. The molecule has 0 aromatic rings. The Labute approximate surface area is 93.5 Å². The van der Waals surface area contributed by atoms with Gasteiger partial charge < -0.3 is 35.1 Å². The number of nitrogens with zero attached hydrogens (tertiary/aromatic N) is 2.